The number of hydrogen-bond donors (Lipinski definition) is 1. The summed E-state index contributed by atoms with van der Waals surface area (Å²) in [6, 6.07) is 30.5. The predicted molar refractivity (Wildman–Crippen MR) is 135 cm³/mol. The van der Waals surface area contributed by atoms with Crippen LogP contribution in [0.1, 0.15) is 22.7 Å². The fourth-order valence-electron chi connectivity index (χ4n) is 4.30. The topological polar surface area (TPSA) is 85.2 Å². The Morgan fingerprint density at radius 3 is 2.49 bits per heavy atom. The summed E-state index contributed by atoms with van der Waals surface area (Å²) < 4.78 is 0. The van der Waals surface area contributed by atoms with Crippen LogP contribution in [0.3, 0.4) is 0 Å². The number of anilines is 3. The highest BCUT2D eigenvalue weighted by Gasteiger charge is 2.36. The molecule has 7 nitrogen and oxygen atoms in total. The van der Waals surface area contributed by atoms with Gasteiger partial charge in [0.15, 0.2) is 0 Å². The van der Waals surface area contributed by atoms with Crippen molar-refractivity contribution < 1.29 is 4.79 Å². The molecule has 1 aromatic heterocycles. The molecule has 35 heavy (non-hydrogen) atoms. The Bertz CT molecular complexity index is 1350. The second-order valence-corrected chi connectivity index (χ2v) is 8.31. The van der Waals surface area contributed by atoms with E-state index < -0.39 is 6.04 Å². The number of amides is 1. The number of carbonyl (C=O) groups is 1. The molecule has 1 unspecified atom stereocenters. The molecule has 0 bridgehead atoms. The van der Waals surface area contributed by atoms with Gasteiger partial charge in [0.05, 0.1) is 11.6 Å². The van der Waals surface area contributed by atoms with Gasteiger partial charge in [-0.05, 0) is 35.4 Å². The zero-order valence-electron chi connectivity index (χ0n) is 19.1. The molecule has 1 N–H and O–H groups in total. The Morgan fingerprint density at radius 1 is 0.943 bits per heavy atom. The van der Waals surface area contributed by atoms with Crippen LogP contribution in [0.4, 0.5) is 17.5 Å². The molecule has 1 atom stereocenters. The van der Waals surface area contributed by atoms with Gasteiger partial charge in [-0.25, -0.2) is 4.98 Å². The summed E-state index contributed by atoms with van der Waals surface area (Å²) in [5.74, 6) is 1.12. The van der Waals surface area contributed by atoms with Crippen molar-refractivity contribution in [3.63, 3.8) is 0 Å². The minimum absolute atomic E-state index is 0.0427. The van der Waals surface area contributed by atoms with E-state index in [0.29, 0.717) is 37.0 Å². The summed E-state index contributed by atoms with van der Waals surface area (Å²) >= 11 is 0. The SMILES string of the molecule is N#Cc1cccc(Nc2nccc(N3CCN(Cc4ccccc4)C(=O)C3c3ccccc3)n2)c1. The Morgan fingerprint density at radius 2 is 1.71 bits per heavy atom. The number of benzene rings is 3. The molecule has 1 saturated heterocycles. The first-order chi connectivity index (χ1) is 17.2. The molecule has 0 aliphatic carbocycles. The number of rotatable bonds is 6. The van der Waals surface area contributed by atoms with Crippen LogP contribution in [-0.2, 0) is 11.3 Å². The fourth-order valence-corrected chi connectivity index (χ4v) is 4.30. The van der Waals surface area contributed by atoms with E-state index in [1.165, 1.54) is 0 Å². The maximum Gasteiger partial charge on any atom is 0.250 e. The monoisotopic (exact) mass is 460 g/mol. The van der Waals surface area contributed by atoms with Gasteiger partial charge in [-0.1, -0.05) is 66.7 Å². The molecule has 4 aromatic rings. The minimum atomic E-state index is -0.488. The molecule has 0 spiro atoms. The molecular formula is C28H24N6O. The van der Waals surface area contributed by atoms with Gasteiger partial charge in [-0.2, -0.15) is 10.2 Å². The molecule has 3 aromatic carbocycles. The van der Waals surface area contributed by atoms with Crippen molar-refractivity contribution in [2.24, 2.45) is 0 Å². The Balaban J connectivity index is 1.44. The molecule has 0 radical (unpaired) electrons. The van der Waals surface area contributed by atoms with Crippen molar-refractivity contribution >= 4 is 23.4 Å². The van der Waals surface area contributed by atoms with Crippen molar-refractivity contribution in [3.05, 3.63) is 114 Å². The van der Waals surface area contributed by atoms with Crippen molar-refractivity contribution in [1.29, 1.82) is 5.26 Å². The number of aromatic nitrogens is 2. The van der Waals surface area contributed by atoms with Crippen LogP contribution in [0.5, 0.6) is 0 Å². The van der Waals surface area contributed by atoms with Crippen LogP contribution in [-0.4, -0.2) is 33.9 Å². The van der Waals surface area contributed by atoms with Crippen LogP contribution in [0.25, 0.3) is 0 Å². The quantitative estimate of drug-likeness (QED) is 0.450. The number of hydrogen-bond acceptors (Lipinski definition) is 6. The van der Waals surface area contributed by atoms with Crippen LogP contribution in [0.2, 0.25) is 0 Å². The van der Waals surface area contributed by atoms with Crippen molar-refractivity contribution in [2.75, 3.05) is 23.3 Å². The standard InChI is InChI=1S/C28H24N6O/c29-19-22-10-7-13-24(18-22)31-28-30-15-14-25(32-28)34-17-16-33(20-21-8-3-1-4-9-21)27(35)26(34)23-11-5-2-6-12-23/h1-15,18,26H,16-17,20H2,(H,30,31,32). The van der Waals surface area contributed by atoms with Crippen LogP contribution in [0.15, 0.2) is 97.2 Å². The first kappa shape index (κ1) is 22.1. The molecular weight excluding hydrogens is 436 g/mol. The third-order valence-electron chi connectivity index (χ3n) is 5.98. The van der Waals surface area contributed by atoms with Gasteiger partial charge < -0.3 is 15.1 Å². The summed E-state index contributed by atoms with van der Waals surface area (Å²) in [5, 5.41) is 12.3. The summed E-state index contributed by atoms with van der Waals surface area (Å²) in [4.78, 5) is 26.8. The van der Waals surface area contributed by atoms with E-state index in [2.05, 4.69) is 16.4 Å². The van der Waals surface area contributed by atoms with Gasteiger partial charge in [-0.3, -0.25) is 4.79 Å². The lowest BCUT2D eigenvalue weighted by molar-refractivity contribution is -0.135. The van der Waals surface area contributed by atoms with Gasteiger partial charge in [0.1, 0.15) is 11.9 Å². The van der Waals surface area contributed by atoms with E-state index in [1.54, 1.807) is 24.4 Å². The van der Waals surface area contributed by atoms with Gasteiger partial charge in [0.25, 0.3) is 0 Å². The first-order valence-electron chi connectivity index (χ1n) is 11.5. The summed E-state index contributed by atoms with van der Waals surface area (Å²) in [7, 11) is 0. The number of nitrogens with one attached hydrogen (secondary N) is 1. The van der Waals surface area contributed by atoms with Crippen LogP contribution in [0, 0.1) is 11.3 Å². The Labute approximate surface area is 204 Å². The lowest BCUT2D eigenvalue weighted by Gasteiger charge is -2.41. The Hall–Kier alpha value is -4.70. The lowest BCUT2D eigenvalue weighted by Crippen LogP contribution is -2.52. The maximum absolute atomic E-state index is 13.8. The molecule has 1 amide bonds. The van der Waals surface area contributed by atoms with E-state index >= 15 is 0 Å². The summed E-state index contributed by atoms with van der Waals surface area (Å²) in [6.07, 6.45) is 1.68. The van der Waals surface area contributed by atoms with Crippen molar-refractivity contribution in [1.82, 2.24) is 14.9 Å². The average molecular weight is 461 g/mol. The molecule has 0 saturated carbocycles. The van der Waals surface area contributed by atoms with Gasteiger partial charge in [0.2, 0.25) is 11.9 Å². The number of piperazine rings is 1. The third kappa shape index (κ3) is 4.97. The number of nitriles is 1. The zero-order valence-corrected chi connectivity index (χ0v) is 19.1. The highest BCUT2D eigenvalue weighted by Crippen LogP contribution is 2.32. The van der Waals surface area contributed by atoms with E-state index in [-0.39, 0.29) is 5.91 Å². The van der Waals surface area contributed by atoms with E-state index in [0.717, 1.165) is 16.8 Å². The van der Waals surface area contributed by atoms with Gasteiger partial charge in [0, 0.05) is 31.5 Å². The third-order valence-corrected chi connectivity index (χ3v) is 5.98. The van der Waals surface area contributed by atoms with E-state index in [9.17, 15) is 4.79 Å². The summed E-state index contributed by atoms with van der Waals surface area (Å²) in [5.41, 5.74) is 3.30. The minimum Gasteiger partial charge on any atom is -0.339 e. The smallest absolute Gasteiger partial charge is 0.250 e. The average Bonchev–Trinajstić information content (AvgIpc) is 2.91. The van der Waals surface area contributed by atoms with Crippen molar-refractivity contribution in [3.8, 4) is 6.07 Å². The lowest BCUT2D eigenvalue weighted by atomic mass is 10.0. The second kappa shape index (κ2) is 10.1. The molecule has 2 heterocycles. The van der Waals surface area contributed by atoms with E-state index in [4.69, 9.17) is 10.2 Å². The zero-order chi connectivity index (χ0) is 24.0. The second-order valence-electron chi connectivity index (χ2n) is 8.31. The Kier molecular flexibility index (Phi) is 6.35. The first-order valence-corrected chi connectivity index (χ1v) is 11.5. The normalized spacial score (nSPS) is 15.5. The summed E-state index contributed by atoms with van der Waals surface area (Å²) in [6.45, 7) is 1.80. The van der Waals surface area contributed by atoms with Crippen LogP contribution < -0.4 is 10.2 Å². The molecule has 7 heteroatoms. The highest BCUT2D eigenvalue weighted by atomic mass is 16.2. The number of nitrogens with zero attached hydrogens (tertiary/aromatic N) is 5. The molecule has 1 aliphatic rings. The van der Waals surface area contributed by atoms with Crippen LogP contribution >= 0.6 is 0 Å². The molecule has 1 fully saturated rings. The maximum atomic E-state index is 13.8. The largest absolute Gasteiger partial charge is 0.339 e. The van der Waals surface area contributed by atoms with Crippen molar-refractivity contribution in [2.45, 2.75) is 12.6 Å². The van der Waals surface area contributed by atoms with Gasteiger partial charge in [-0.15, -0.1) is 0 Å². The van der Waals surface area contributed by atoms with Gasteiger partial charge >= 0.3 is 0 Å². The highest BCUT2D eigenvalue weighted by molar-refractivity contribution is 5.87. The molecule has 172 valence electrons. The predicted octanol–water partition coefficient (Wildman–Crippen LogP) is 4.68. The molecule has 1 aliphatic heterocycles. The molecule has 5 rings (SSSR count). The fraction of sp³-hybridized carbons (Fsp3) is 0.143. The number of carbonyl (C=O) groups excluding carboxylic acids is 1. The van der Waals surface area contributed by atoms with E-state index in [1.807, 2.05) is 82.6 Å².